The summed E-state index contributed by atoms with van der Waals surface area (Å²) in [6.45, 7) is 5.83. The number of likely N-dealkylation sites (tertiary alicyclic amines) is 1. The topological polar surface area (TPSA) is 196 Å². The fourth-order valence-electron chi connectivity index (χ4n) is 5.65. The van der Waals surface area contributed by atoms with Crippen LogP contribution in [0.1, 0.15) is 55.6 Å². The maximum absolute atomic E-state index is 13.5. The first-order valence-electron chi connectivity index (χ1n) is 15.1. The van der Waals surface area contributed by atoms with Gasteiger partial charge in [-0.1, -0.05) is 6.07 Å². The highest BCUT2D eigenvalue weighted by atomic mass is 16.6. The third-order valence-corrected chi connectivity index (χ3v) is 8.28. The molecular weight excluding hydrogens is 602 g/mol. The summed E-state index contributed by atoms with van der Waals surface area (Å²) in [5.41, 5.74) is -0.246. The van der Waals surface area contributed by atoms with Crippen LogP contribution in [0.5, 0.6) is 5.75 Å². The fourth-order valence-corrected chi connectivity index (χ4v) is 5.65. The van der Waals surface area contributed by atoms with Crippen molar-refractivity contribution in [2.24, 2.45) is 0 Å². The average Bonchev–Trinajstić information content (AvgIpc) is 3.44. The lowest BCUT2D eigenvalue weighted by Crippen LogP contribution is -2.56. The number of ether oxygens (including phenoxy) is 2. The van der Waals surface area contributed by atoms with Gasteiger partial charge in [0.25, 0.3) is 11.8 Å². The molecule has 3 N–H and O–H groups in total. The zero-order chi connectivity index (χ0) is 33.6. The second-order valence-corrected chi connectivity index (χ2v) is 11.5. The fraction of sp³-hybridized carbons (Fsp3) is 0.516. The Bertz CT molecular complexity index is 1520. The molecule has 1 aromatic carbocycles. The van der Waals surface area contributed by atoms with Gasteiger partial charge in [0.05, 0.1) is 12.1 Å². The van der Waals surface area contributed by atoms with Crippen LogP contribution in [0, 0.1) is 6.92 Å². The van der Waals surface area contributed by atoms with Crippen molar-refractivity contribution in [3.63, 3.8) is 0 Å². The Balaban J connectivity index is 1.53. The van der Waals surface area contributed by atoms with Crippen LogP contribution in [-0.4, -0.2) is 123 Å². The molecule has 2 atom stereocenters. The van der Waals surface area contributed by atoms with E-state index in [1.165, 1.54) is 27.7 Å². The quantitative estimate of drug-likeness (QED) is 0.323. The molecule has 15 nitrogen and oxygen atoms in total. The molecule has 0 saturated carbocycles. The molecule has 1 aromatic heterocycles. The molecule has 4 rings (SSSR count). The molecule has 0 radical (unpaired) electrons. The standard InChI is InChI=1S/C31H39N5O10/c1-4-45-30(44)35-14-12-34(13-15-35)28(41)21(8-9-26(38)39)33-27(40)23-17-24(20-7-6-19(2)16-22(20)32-23)46-18-25(37)36-11-5-10-31(36,3)29(42)43/h6-7,16-17,21H,4-5,8-15,18H2,1-3H3,(H,33,40)(H,38,39)(H,42,43). The van der Waals surface area contributed by atoms with Crippen LogP contribution in [0.25, 0.3) is 10.9 Å². The largest absolute Gasteiger partial charge is 0.483 e. The molecule has 248 valence electrons. The van der Waals surface area contributed by atoms with Gasteiger partial charge < -0.3 is 39.7 Å². The second-order valence-electron chi connectivity index (χ2n) is 11.5. The number of nitrogens with one attached hydrogen (secondary N) is 1. The number of carbonyl (C=O) groups is 6. The number of benzene rings is 1. The van der Waals surface area contributed by atoms with Crippen LogP contribution < -0.4 is 10.1 Å². The van der Waals surface area contributed by atoms with Crippen LogP contribution in [-0.2, 0) is 23.9 Å². The van der Waals surface area contributed by atoms with Gasteiger partial charge in [-0.15, -0.1) is 0 Å². The molecule has 0 spiro atoms. The number of carboxylic acids is 2. The molecule has 2 aliphatic heterocycles. The van der Waals surface area contributed by atoms with Gasteiger partial charge in [0, 0.05) is 50.6 Å². The van der Waals surface area contributed by atoms with E-state index in [0.717, 1.165) is 5.56 Å². The third kappa shape index (κ3) is 7.64. The van der Waals surface area contributed by atoms with Crippen LogP contribution in [0.15, 0.2) is 24.3 Å². The number of pyridine rings is 1. The summed E-state index contributed by atoms with van der Waals surface area (Å²) in [7, 11) is 0. The number of aromatic nitrogens is 1. The highest BCUT2D eigenvalue weighted by molar-refractivity contribution is 5.99. The van der Waals surface area contributed by atoms with Crippen LogP contribution >= 0.6 is 0 Å². The Morgan fingerprint density at radius 2 is 1.72 bits per heavy atom. The second kappa shape index (κ2) is 14.4. The molecular formula is C31H39N5O10. The van der Waals surface area contributed by atoms with E-state index in [1.807, 2.05) is 13.0 Å². The van der Waals surface area contributed by atoms with Crippen LogP contribution in [0.2, 0.25) is 0 Å². The molecule has 2 unspecified atom stereocenters. The van der Waals surface area contributed by atoms with Crippen molar-refractivity contribution < 1.29 is 48.5 Å². The van der Waals surface area contributed by atoms with Gasteiger partial charge in [-0.25, -0.2) is 14.6 Å². The number of carbonyl (C=O) groups excluding carboxylic acids is 4. The van der Waals surface area contributed by atoms with E-state index in [0.29, 0.717) is 23.7 Å². The summed E-state index contributed by atoms with van der Waals surface area (Å²) in [6, 6.07) is 5.40. The summed E-state index contributed by atoms with van der Waals surface area (Å²) in [5, 5.41) is 22.1. The van der Waals surface area contributed by atoms with Crippen LogP contribution in [0.4, 0.5) is 4.79 Å². The van der Waals surface area contributed by atoms with Gasteiger partial charge in [0.2, 0.25) is 5.91 Å². The number of amides is 4. The molecule has 4 amide bonds. The molecule has 0 bridgehead atoms. The number of carboxylic acid groups (broad SMARTS) is 2. The van der Waals surface area contributed by atoms with Gasteiger partial charge in [-0.05, 0) is 57.7 Å². The highest BCUT2D eigenvalue weighted by Crippen LogP contribution is 2.31. The zero-order valence-electron chi connectivity index (χ0n) is 26.1. The summed E-state index contributed by atoms with van der Waals surface area (Å²) < 4.78 is 10.9. The van der Waals surface area contributed by atoms with E-state index in [2.05, 4.69) is 10.3 Å². The Hall–Kier alpha value is -4.95. The minimum Gasteiger partial charge on any atom is -0.483 e. The Morgan fingerprint density at radius 1 is 1.02 bits per heavy atom. The van der Waals surface area contributed by atoms with Crippen molar-refractivity contribution in [2.75, 3.05) is 45.9 Å². The number of nitrogens with zero attached hydrogens (tertiary/aromatic N) is 4. The molecule has 2 saturated heterocycles. The number of hydrogen-bond donors (Lipinski definition) is 3. The number of piperazine rings is 1. The van der Waals surface area contributed by atoms with Crippen molar-refractivity contribution in [3.8, 4) is 5.75 Å². The van der Waals surface area contributed by atoms with E-state index in [4.69, 9.17) is 9.47 Å². The van der Waals surface area contributed by atoms with Crippen molar-refractivity contribution in [2.45, 2.75) is 58.0 Å². The van der Waals surface area contributed by atoms with E-state index in [9.17, 15) is 39.0 Å². The smallest absolute Gasteiger partial charge is 0.409 e. The summed E-state index contributed by atoms with van der Waals surface area (Å²) in [5.74, 6) is -3.86. The van der Waals surface area contributed by atoms with Gasteiger partial charge in [0.1, 0.15) is 23.0 Å². The maximum atomic E-state index is 13.5. The monoisotopic (exact) mass is 641 g/mol. The SMILES string of the molecule is CCOC(=O)N1CCN(C(=O)C(CCC(=O)O)NC(=O)c2cc(OCC(=O)N3CCCC3(C)C(=O)O)c3ccc(C)cc3n2)CC1. The first-order valence-corrected chi connectivity index (χ1v) is 15.1. The molecule has 3 heterocycles. The van der Waals surface area contributed by atoms with Gasteiger partial charge in [0.15, 0.2) is 6.61 Å². The molecule has 0 aliphatic carbocycles. The predicted molar refractivity (Wildman–Crippen MR) is 162 cm³/mol. The van der Waals surface area contributed by atoms with E-state index < -0.39 is 53.9 Å². The average molecular weight is 642 g/mol. The van der Waals surface area contributed by atoms with Crippen LogP contribution in [0.3, 0.4) is 0 Å². The number of hydrogen-bond acceptors (Lipinski definition) is 9. The van der Waals surface area contributed by atoms with Crippen molar-refractivity contribution >= 4 is 46.7 Å². The number of rotatable bonds is 11. The highest BCUT2D eigenvalue weighted by Gasteiger charge is 2.46. The summed E-state index contributed by atoms with van der Waals surface area (Å²) in [6.07, 6.45) is -0.191. The lowest BCUT2D eigenvalue weighted by atomic mass is 9.99. The van der Waals surface area contributed by atoms with Gasteiger partial charge >= 0.3 is 18.0 Å². The van der Waals surface area contributed by atoms with E-state index in [1.54, 1.807) is 19.1 Å². The molecule has 2 fully saturated rings. The molecule has 46 heavy (non-hydrogen) atoms. The summed E-state index contributed by atoms with van der Waals surface area (Å²) in [4.78, 5) is 84.0. The molecule has 15 heteroatoms. The Labute approximate surface area is 265 Å². The number of aryl methyl sites for hydroxylation is 1. The Morgan fingerprint density at radius 3 is 2.37 bits per heavy atom. The minimum atomic E-state index is -1.34. The Kier molecular flexibility index (Phi) is 10.6. The first-order chi connectivity index (χ1) is 21.8. The van der Waals surface area contributed by atoms with E-state index >= 15 is 0 Å². The normalized spacial score (nSPS) is 18.6. The van der Waals surface area contributed by atoms with Gasteiger partial charge in [-0.3, -0.25) is 19.2 Å². The summed E-state index contributed by atoms with van der Waals surface area (Å²) >= 11 is 0. The molecule has 2 aromatic rings. The molecule has 2 aliphatic rings. The first kappa shape index (κ1) is 33.9. The van der Waals surface area contributed by atoms with E-state index in [-0.39, 0.29) is 63.6 Å². The van der Waals surface area contributed by atoms with Gasteiger partial charge in [-0.2, -0.15) is 0 Å². The lowest BCUT2D eigenvalue weighted by molar-refractivity contribution is -0.156. The maximum Gasteiger partial charge on any atom is 0.409 e. The third-order valence-electron chi connectivity index (χ3n) is 8.28. The number of aliphatic carboxylic acids is 2. The van der Waals surface area contributed by atoms with Crippen molar-refractivity contribution in [1.82, 2.24) is 25.0 Å². The van der Waals surface area contributed by atoms with Crippen molar-refractivity contribution in [1.29, 1.82) is 0 Å². The zero-order valence-corrected chi connectivity index (χ0v) is 26.1. The lowest BCUT2D eigenvalue weighted by Gasteiger charge is -2.35. The number of fused-ring (bicyclic) bond motifs is 1. The minimum absolute atomic E-state index is 0.127. The predicted octanol–water partition coefficient (Wildman–Crippen LogP) is 1.65. The van der Waals surface area contributed by atoms with Crippen molar-refractivity contribution in [3.05, 3.63) is 35.5 Å².